The van der Waals surface area contributed by atoms with Gasteiger partial charge in [-0.25, -0.2) is 4.31 Å². The Morgan fingerprint density at radius 3 is 2.05 bits per heavy atom. The first kappa shape index (κ1) is 12.7. The van der Waals surface area contributed by atoms with E-state index >= 15 is 0 Å². The lowest BCUT2D eigenvalue weighted by atomic mass is 10.1. The molecule has 0 radical (unpaired) electrons. The topological polar surface area (TPSA) is 37.4 Å². The van der Waals surface area contributed by atoms with E-state index in [1.165, 1.54) is 10.4 Å². The Balaban J connectivity index is 1.84. The van der Waals surface area contributed by atoms with Gasteiger partial charge in [0.2, 0.25) is 0 Å². The summed E-state index contributed by atoms with van der Waals surface area (Å²) in [6.45, 7) is 0. The van der Waals surface area contributed by atoms with Crippen molar-refractivity contribution in [1.82, 2.24) is 4.31 Å². The van der Waals surface area contributed by atoms with Gasteiger partial charge in [0.1, 0.15) is 0 Å². The summed E-state index contributed by atoms with van der Waals surface area (Å²) in [5.74, 6) is -0.558. The molecule has 0 bridgehead atoms. The monoisotopic (exact) mass is 281 g/mol. The number of carbonyl (C=O) groups is 2. The van der Waals surface area contributed by atoms with Crippen LogP contribution in [0.1, 0.15) is 5.56 Å². The third-order valence-electron chi connectivity index (χ3n) is 2.91. The van der Waals surface area contributed by atoms with Gasteiger partial charge in [0.15, 0.2) is 0 Å². The minimum Gasteiger partial charge on any atom is -0.268 e. The van der Waals surface area contributed by atoms with Crippen LogP contribution in [0.3, 0.4) is 0 Å². The van der Waals surface area contributed by atoms with Crippen molar-refractivity contribution in [2.24, 2.45) is 0 Å². The zero-order chi connectivity index (χ0) is 13.9. The van der Waals surface area contributed by atoms with Gasteiger partial charge in [-0.05, 0) is 29.6 Å². The average molecular weight is 281 g/mol. The highest BCUT2D eigenvalue weighted by Gasteiger charge is 2.32. The molecule has 1 heterocycles. The predicted octanol–water partition coefficient (Wildman–Crippen LogP) is 3.15. The van der Waals surface area contributed by atoms with Crippen LogP contribution in [-0.4, -0.2) is 16.1 Å². The third kappa shape index (κ3) is 2.38. The largest absolute Gasteiger partial charge is 0.272 e. The van der Waals surface area contributed by atoms with Crippen molar-refractivity contribution >= 4 is 29.3 Å². The highest BCUT2D eigenvalue weighted by Crippen LogP contribution is 2.31. The number of hydrogen-bond donors (Lipinski definition) is 0. The molecule has 20 heavy (non-hydrogen) atoms. The summed E-state index contributed by atoms with van der Waals surface area (Å²) >= 11 is 1.15. The summed E-state index contributed by atoms with van der Waals surface area (Å²) < 4.78 is 1.19. The average Bonchev–Trinajstić information content (AvgIpc) is 2.77. The van der Waals surface area contributed by atoms with Gasteiger partial charge < -0.3 is 0 Å². The summed E-state index contributed by atoms with van der Waals surface area (Å²) in [5, 5.41) is 0. The molecule has 98 valence electrons. The van der Waals surface area contributed by atoms with Crippen LogP contribution in [0.5, 0.6) is 0 Å². The van der Waals surface area contributed by atoms with Gasteiger partial charge in [-0.2, -0.15) is 0 Å². The molecule has 0 unspecified atom stereocenters. The Hall–Kier alpha value is -2.33. The SMILES string of the molecule is O=C1C=C(c2ccccc2)C(=O)N1Sc1ccccc1. The van der Waals surface area contributed by atoms with Crippen molar-refractivity contribution in [1.29, 1.82) is 0 Å². The Morgan fingerprint density at radius 1 is 0.800 bits per heavy atom. The van der Waals surface area contributed by atoms with Crippen molar-refractivity contribution in [2.75, 3.05) is 0 Å². The molecule has 0 fully saturated rings. The summed E-state index contributed by atoms with van der Waals surface area (Å²) in [4.78, 5) is 25.2. The van der Waals surface area contributed by atoms with Crippen LogP contribution in [0.25, 0.3) is 5.57 Å². The van der Waals surface area contributed by atoms with Crippen molar-refractivity contribution in [3.05, 3.63) is 72.3 Å². The van der Waals surface area contributed by atoms with Crippen molar-refractivity contribution < 1.29 is 9.59 Å². The molecule has 0 N–H and O–H groups in total. The second kappa shape index (κ2) is 5.35. The van der Waals surface area contributed by atoms with Gasteiger partial charge >= 0.3 is 0 Å². The minimum absolute atomic E-state index is 0.268. The molecule has 0 atom stereocenters. The van der Waals surface area contributed by atoms with Gasteiger partial charge in [-0.15, -0.1) is 0 Å². The highest BCUT2D eigenvalue weighted by molar-refractivity contribution is 7.98. The molecule has 0 spiro atoms. The van der Waals surface area contributed by atoms with Gasteiger partial charge in [0, 0.05) is 11.0 Å². The molecule has 1 aliphatic heterocycles. The maximum Gasteiger partial charge on any atom is 0.272 e. The van der Waals surface area contributed by atoms with E-state index in [-0.39, 0.29) is 11.8 Å². The molecule has 2 amide bonds. The lowest BCUT2D eigenvalue weighted by Gasteiger charge is -2.13. The normalized spacial score (nSPS) is 14.6. The van der Waals surface area contributed by atoms with Crippen molar-refractivity contribution in [2.45, 2.75) is 4.90 Å². The van der Waals surface area contributed by atoms with Crippen molar-refractivity contribution in [3.63, 3.8) is 0 Å². The number of benzene rings is 2. The standard InChI is InChI=1S/C16H11NO2S/c18-15-11-14(12-7-3-1-4-8-12)16(19)17(15)20-13-9-5-2-6-10-13/h1-11H. The zero-order valence-electron chi connectivity index (χ0n) is 10.5. The van der Waals surface area contributed by atoms with Crippen molar-refractivity contribution in [3.8, 4) is 0 Å². The molecule has 0 saturated carbocycles. The summed E-state index contributed by atoms with van der Waals surface area (Å²) in [5.41, 5.74) is 1.21. The Labute approximate surface area is 121 Å². The number of imide groups is 1. The number of carbonyl (C=O) groups excluding carboxylic acids is 2. The van der Waals surface area contributed by atoms with Crippen LogP contribution >= 0.6 is 11.9 Å². The second-order valence-electron chi connectivity index (χ2n) is 4.27. The van der Waals surface area contributed by atoms with Crippen LogP contribution in [0.2, 0.25) is 0 Å². The van der Waals surface area contributed by atoms with Crippen LogP contribution < -0.4 is 0 Å². The van der Waals surface area contributed by atoms with E-state index in [0.29, 0.717) is 5.57 Å². The quantitative estimate of drug-likeness (QED) is 0.640. The van der Waals surface area contributed by atoms with Crippen LogP contribution in [0.4, 0.5) is 0 Å². The molecule has 3 rings (SSSR count). The van der Waals surface area contributed by atoms with E-state index in [9.17, 15) is 9.59 Å². The van der Waals surface area contributed by atoms with E-state index in [0.717, 1.165) is 22.4 Å². The summed E-state index contributed by atoms with van der Waals surface area (Å²) in [7, 11) is 0. The number of hydrogen-bond acceptors (Lipinski definition) is 3. The van der Waals surface area contributed by atoms with E-state index in [1.807, 2.05) is 60.7 Å². The van der Waals surface area contributed by atoms with E-state index in [4.69, 9.17) is 0 Å². The van der Waals surface area contributed by atoms with Crippen LogP contribution in [-0.2, 0) is 9.59 Å². The maximum absolute atomic E-state index is 12.3. The molecule has 0 saturated heterocycles. The molecule has 0 aliphatic carbocycles. The Morgan fingerprint density at radius 2 is 1.40 bits per heavy atom. The third-order valence-corrected chi connectivity index (χ3v) is 3.92. The molecular weight excluding hydrogens is 270 g/mol. The maximum atomic E-state index is 12.3. The smallest absolute Gasteiger partial charge is 0.268 e. The van der Waals surface area contributed by atoms with Crippen LogP contribution in [0.15, 0.2) is 71.6 Å². The molecule has 2 aromatic carbocycles. The molecular formula is C16H11NO2S. The predicted molar refractivity (Wildman–Crippen MR) is 78.6 cm³/mol. The summed E-state index contributed by atoms with van der Waals surface area (Å²) in [6.07, 6.45) is 1.40. The lowest BCUT2D eigenvalue weighted by molar-refractivity contribution is -0.130. The first-order valence-electron chi connectivity index (χ1n) is 6.14. The zero-order valence-corrected chi connectivity index (χ0v) is 11.3. The van der Waals surface area contributed by atoms with Gasteiger partial charge in [0.25, 0.3) is 11.8 Å². The number of rotatable bonds is 3. The van der Waals surface area contributed by atoms with Gasteiger partial charge in [-0.1, -0.05) is 48.5 Å². The van der Waals surface area contributed by atoms with Crippen LogP contribution in [0, 0.1) is 0 Å². The number of amides is 2. The lowest BCUT2D eigenvalue weighted by Crippen LogP contribution is -2.23. The van der Waals surface area contributed by atoms with Gasteiger partial charge in [0.05, 0.1) is 5.57 Å². The Kier molecular flexibility index (Phi) is 3.39. The molecule has 4 heteroatoms. The highest BCUT2D eigenvalue weighted by atomic mass is 32.2. The minimum atomic E-state index is -0.289. The first-order chi connectivity index (χ1) is 9.75. The fourth-order valence-corrected chi connectivity index (χ4v) is 2.76. The van der Waals surface area contributed by atoms with Gasteiger partial charge in [-0.3, -0.25) is 9.59 Å². The second-order valence-corrected chi connectivity index (χ2v) is 5.29. The molecule has 2 aromatic rings. The number of nitrogens with zero attached hydrogens (tertiary/aromatic N) is 1. The van der Waals surface area contributed by atoms with E-state index < -0.39 is 0 Å². The summed E-state index contributed by atoms with van der Waals surface area (Å²) in [6, 6.07) is 18.6. The molecule has 0 aromatic heterocycles. The molecule has 3 nitrogen and oxygen atoms in total. The van der Waals surface area contributed by atoms with E-state index in [2.05, 4.69) is 0 Å². The Bertz CT molecular complexity index is 680. The first-order valence-corrected chi connectivity index (χ1v) is 6.91. The fourth-order valence-electron chi connectivity index (χ4n) is 1.95. The molecule has 1 aliphatic rings. The van der Waals surface area contributed by atoms with E-state index in [1.54, 1.807) is 0 Å². The fraction of sp³-hybridized carbons (Fsp3) is 0.